The Morgan fingerprint density at radius 1 is 1.08 bits per heavy atom. The van der Waals surface area contributed by atoms with Gasteiger partial charge in [0.05, 0.1) is 31.6 Å². The molecule has 2 heterocycles. The summed E-state index contributed by atoms with van der Waals surface area (Å²) >= 11 is 1.52. The van der Waals surface area contributed by atoms with Crippen molar-refractivity contribution in [1.29, 1.82) is 0 Å². The Labute approximate surface area is 223 Å². The van der Waals surface area contributed by atoms with Crippen LogP contribution >= 0.6 is 11.8 Å². The number of hydrogen-bond donors (Lipinski definition) is 5. The molecular weight excluding hydrogens is 518 g/mol. The van der Waals surface area contributed by atoms with E-state index in [0.717, 1.165) is 46.1 Å². The van der Waals surface area contributed by atoms with Crippen molar-refractivity contribution in [2.24, 2.45) is 4.99 Å². The first kappa shape index (κ1) is 29.3. The van der Waals surface area contributed by atoms with Crippen molar-refractivity contribution in [3.05, 3.63) is 41.2 Å². The number of nitrogens with zero attached hydrogens (tertiary/aromatic N) is 3. The Bertz CT molecular complexity index is 1160. The smallest absolute Gasteiger partial charge is 0.335 e. The first-order valence-electron chi connectivity index (χ1n) is 11.9. The fourth-order valence-corrected chi connectivity index (χ4v) is 4.73. The number of methoxy groups -OCH3 is 1. The van der Waals surface area contributed by atoms with E-state index in [1.165, 1.54) is 11.8 Å². The normalized spacial score (nSPS) is 21.4. The van der Waals surface area contributed by atoms with Crippen LogP contribution in [0.4, 0.5) is 0 Å². The molecule has 1 aromatic carbocycles. The highest BCUT2D eigenvalue weighted by molar-refractivity contribution is 7.98. The van der Waals surface area contributed by atoms with Crippen LogP contribution in [0.2, 0.25) is 0 Å². The van der Waals surface area contributed by atoms with Crippen LogP contribution in [0.5, 0.6) is 11.5 Å². The van der Waals surface area contributed by atoms with Gasteiger partial charge in [-0.3, -0.25) is 4.99 Å². The maximum atomic E-state index is 10.3. The zero-order valence-electron chi connectivity index (χ0n) is 21.1. The maximum absolute atomic E-state index is 10.3. The highest BCUT2D eigenvalue weighted by Crippen LogP contribution is 2.44. The average molecular weight is 550 g/mol. The van der Waals surface area contributed by atoms with E-state index in [9.17, 15) is 14.7 Å². The molecule has 0 spiro atoms. The van der Waals surface area contributed by atoms with E-state index >= 15 is 0 Å². The summed E-state index contributed by atoms with van der Waals surface area (Å²) in [5.74, 6) is -1.94. The second-order valence-corrected chi connectivity index (χ2v) is 9.44. The monoisotopic (exact) mass is 549 g/mol. The van der Waals surface area contributed by atoms with E-state index in [-0.39, 0.29) is 18.1 Å². The van der Waals surface area contributed by atoms with Crippen LogP contribution in [0.25, 0.3) is 0 Å². The largest absolute Gasteiger partial charge is 0.493 e. The number of aliphatic hydroxyl groups excluding tert-OH is 3. The van der Waals surface area contributed by atoms with Gasteiger partial charge in [-0.05, 0) is 50.1 Å². The van der Waals surface area contributed by atoms with Crippen molar-refractivity contribution in [2.75, 3.05) is 20.0 Å². The summed E-state index contributed by atoms with van der Waals surface area (Å²) in [4.78, 5) is 33.5. The SMILES string of the molecule is CCOc1cc2c(cc1OC)C(c1cnc(SC)nc1)=N[C@@H]1CC[C@@H](O)C[C@H]21.O=C(O)[C@@H](O)[C@H](O)C(=O)O. The maximum Gasteiger partial charge on any atom is 0.335 e. The number of rotatable bonds is 8. The van der Waals surface area contributed by atoms with E-state index < -0.39 is 24.1 Å². The number of aliphatic imine (C=N–C) groups is 1. The number of aliphatic hydroxyl groups is 3. The molecule has 0 radical (unpaired) electrons. The molecule has 13 heteroatoms. The van der Waals surface area contributed by atoms with Gasteiger partial charge in [-0.2, -0.15) is 0 Å². The quantitative estimate of drug-likeness (QED) is 0.235. The Morgan fingerprint density at radius 2 is 1.71 bits per heavy atom. The molecule has 4 rings (SSSR count). The summed E-state index contributed by atoms with van der Waals surface area (Å²) in [6.07, 6.45) is 3.18. The number of ether oxygens (including phenoxy) is 2. The fourth-order valence-electron chi connectivity index (χ4n) is 4.42. The molecule has 0 amide bonds. The lowest BCUT2D eigenvalue weighted by atomic mass is 9.74. The molecule has 5 atom stereocenters. The van der Waals surface area contributed by atoms with Gasteiger partial charge in [-0.25, -0.2) is 19.6 Å². The fraction of sp³-hybridized carbons (Fsp3) is 0.480. The summed E-state index contributed by atoms with van der Waals surface area (Å²) in [5, 5.41) is 43.5. The van der Waals surface area contributed by atoms with Gasteiger partial charge < -0.3 is 35.0 Å². The lowest BCUT2D eigenvalue weighted by molar-refractivity contribution is -0.165. The summed E-state index contributed by atoms with van der Waals surface area (Å²) in [7, 11) is 1.65. The van der Waals surface area contributed by atoms with Gasteiger partial charge in [0, 0.05) is 29.4 Å². The minimum atomic E-state index is -2.27. The van der Waals surface area contributed by atoms with Crippen molar-refractivity contribution in [1.82, 2.24) is 9.97 Å². The lowest BCUT2D eigenvalue weighted by Gasteiger charge is -2.37. The molecule has 0 unspecified atom stereocenters. The molecule has 1 fully saturated rings. The lowest BCUT2D eigenvalue weighted by Crippen LogP contribution is -2.39. The Balaban J connectivity index is 0.000000342. The molecule has 206 valence electrons. The number of benzene rings is 1. The second kappa shape index (κ2) is 13.0. The van der Waals surface area contributed by atoms with Gasteiger partial charge in [0.25, 0.3) is 0 Å². The van der Waals surface area contributed by atoms with E-state index in [1.807, 2.05) is 31.6 Å². The summed E-state index contributed by atoms with van der Waals surface area (Å²) in [6.45, 7) is 2.53. The molecule has 2 aliphatic rings. The molecule has 5 N–H and O–H groups in total. The predicted octanol–water partition coefficient (Wildman–Crippen LogP) is 1.33. The van der Waals surface area contributed by atoms with Crippen LogP contribution in [0.1, 0.15) is 48.8 Å². The van der Waals surface area contributed by atoms with Crippen LogP contribution < -0.4 is 9.47 Å². The topological polar surface area (TPSA) is 192 Å². The number of hydrogen-bond acceptors (Lipinski definition) is 11. The third-order valence-electron chi connectivity index (χ3n) is 6.26. The zero-order valence-corrected chi connectivity index (χ0v) is 22.0. The van der Waals surface area contributed by atoms with Gasteiger partial charge in [0.2, 0.25) is 0 Å². The molecule has 1 aliphatic heterocycles. The first-order chi connectivity index (χ1) is 18.1. The Kier molecular flexibility index (Phi) is 10.0. The number of carbonyl (C=O) groups is 2. The zero-order chi connectivity index (χ0) is 28.0. The minimum absolute atomic E-state index is 0.147. The van der Waals surface area contributed by atoms with Crippen LogP contribution in [0.3, 0.4) is 0 Å². The summed E-state index contributed by atoms with van der Waals surface area (Å²) < 4.78 is 11.4. The van der Waals surface area contributed by atoms with Gasteiger partial charge in [0.15, 0.2) is 28.9 Å². The van der Waals surface area contributed by atoms with Crippen molar-refractivity contribution in [2.45, 2.75) is 61.6 Å². The van der Waals surface area contributed by atoms with E-state index in [2.05, 4.69) is 16.0 Å². The predicted molar refractivity (Wildman–Crippen MR) is 137 cm³/mol. The number of carboxylic acid groups (broad SMARTS) is 2. The Hall–Kier alpha value is -3.26. The molecule has 12 nitrogen and oxygen atoms in total. The molecule has 0 saturated heterocycles. The number of aliphatic carboxylic acids is 2. The number of thioether (sulfide) groups is 1. The van der Waals surface area contributed by atoms with Crippen LogP contribution in [-0.4, -0.2) is 97.5 Å². The third kappa shape index (κ3) is 6.59. The molecule has 38 heavy (non-hydrogen) atoms. The average Bonchev–Trinajstić information content (AvgIpc) is 2.92. The second-order valence-electron chi connectivity index (χ2n) is 8.67. The van der Waals surface area contributed by atoms with Gasteiger partial charge in [-0.1, -0.05) is 11.8 Å². The molecule has 1 aromatic heterocycles. The summed E-state index contributed by atoms with van der Waals surface area (Å²) in [5.41, 5.74) is 3.96. The summed E-state index contributed by atoms with van der Waals surface area (Å²) in [6, 6.07) is 4.21. The molecule has 1 aliphatic carbocycles. The minimum Gasteiger partial charge on any atom is -0.493 e. The first-order valence-corrected chi connectivity index (χ1v) is 13.1. The number of carboxylic acids is 2. The Morgan fingerprint density at radius 3 is 2.24 bits per heavy atom. The molecule has 0 bridgehead atoms. The van der Waals surface area contributed by atoms with Crippen molar-refractivity contribution in [3.63, 3.8) is 0 Å². The highest BCUT2D eigenvalue weighted by Gasteiger charge is 2.37. The van der Waals surface area contributed by atoms with Gasteiger partial charge in [-0.15, -0.1) is 0 Å². The van der Waals surface area contributed by atoms with Crippen LogP contribution in [0, 0.1) is 0 Å². The molecule has 2 aromatic rings. The van der Waals surface area contributed by atoms with E-state index in [1.54, 1.807) is 7.11 Å². The number of fused-ring (bicyclic) bond motifs is 3. The molecule has 1 saturated carbocycles. The highest BCUT2D eigenvalue weighted by atomic mass is 32.2. The van der Waals surface area contributed by atoms with Gasteiger partial charge >= 0.3 is 11.9 Å². The van der Waals surface area contributed by atoms with Crippen molar-refractivity contribution in [3.8, 4) is 11.5 Å². The third-order valence-corrected chi connectivity index (χ3v) is 6.84. The van der Waals surface area contributed by atoms with Crippen LogP contribution in [-0.2, 0) is 9.59 Å². The standard InChI is InChI=1S/C21H25N3O3S.C4H6O6/c1-4-27-19-8-14-15-7-13(25)5-6-17(15)24-20(16(14)9-18(19)26-2)12-10-22-21(28-3)23-11-12;5-1(3(7)8)2(6)4(9)10/h8-11,13,15,17,25H,4-7H2,1-3H3;1-2,5-6H,(H,7,8)(H,9,10)/t13-,15-,17-;1-,2-/m10/s1. The van der Waals surface area contributed by atoms with Crippen molar-refractivity contribution >= 4 is 29.4 Å². The number of aromatic nitrogens is 2. The van der Waals surface area contributed by atoms with Crippen LogP contribution in [0.15, 0.2) is 34.7 Å². The van der Waals surface area contributed by atoms with E-state index in [4.69, 9.17) is 34.9 Å². The molecular formula is C25H31N3O9S. The van der Waals surface area contributed by atoms with Gasteiger partial charge in [0.1, 0.15) is 0 Å². The van der Waals surface area contributed by atoms with E-state index in [0.29, 0.717) is 18.8 Å². The van der Waals surface area contributed by atoms with Crippen molar-refractivity contribution < 1.29 is 44.6 Å².